The lowest BCUT2D eigenvalue weighted by molar-refractivity contribution is -0.119. The Bertz CT molecular complexity index is 424. The van der Waals surface area contributed by atoms with Gasteiger partial charge < -0.3 is 5.32 Å². The highest BCUT2D eigenvalue weighted by molar-refractivity contribution is 8.14. The number of amides is 2. The van der Waals surface area contributed by atoms with Crippen molar-refractivity contribution in [2.75, 3.05) is 5.75 Å². The maximum atomic E-state index is 11.4. The van der Waals surface area contributed by atoms with Gasteiger partial charge in [-0.3, -0.25) is 9.59 Å². The van der Waals surface area contributed by atoms with E-state index in [1.807, 2.05) is 13.8 Å². The smallest absolute Gasteiger partial charge is 0.280 e. The summed E-state index contributed by atoms with van der Waals surface area (Å²) in [5.41, 5.74) is 0.859. The number of hydrogen-bond acceptors (Lipinski definition) is 4. The summed E-state index contributed by atoms with van der Waals surface area (Å²) < 4.78 is 0. The second-order valence-electron chi connectivity index (χ2n) is 3.89. The van der Waals surface area contributed by atoms with E-state index >= 15 is 0 Å². The van der Waals surface area contributed by atoms with E-state index in [-0.39, 0.29) is 23.6 Å². The molecule has 2 amide bonds. The summed E-state index contributed by atoms with van der Waals surface area (Å²) in [7, 11) is 0. The normalized spacial score (nSPS) is 15.8. The highest BCUT2D eigenvalue weighted by atomic mass is 32.2. The molecule has 0 saturated carbocycles. The third-order valence-corrected chi connectivity index (χ3v) is 2.78. The van der Waals surface area contributed by atoms with Crippen molar-refractivity contribution in [1.82, 2.24) is 5.32 Å². The molecule has 0 saturated heterocycles. The molecule has 0 aromatic carbocycles. The fourth-order valence-corrected chi connectivity index (χ4v) is 1.80. The van der Waals surface area contributed by atoms with Crippen LogP contribution in [-0.4, -0.2) is 34.5 Å². The number of hydrogen-bond donors (Lipinski definition) is 1. The Morgan fingerprint density at radius 1 is 1.47 bits per heavy atom. The molecule has 17 heavy (non-hydrogen) atoms. The van der Waals surface area contributed by atoms with Gasteiger partial charge >= 0.3 is 0 Å². The third kappa shape index (κ3) is 4.14. The third-order valence-electron chi connectivity index (χ3n) is 1.94. The fourth-order valence-electron chi connectivity index (χ4n) is 1.10. The highest BCUT2D eigenvalue weighted by Gasteiger charge is 2.17. The summed E-state index contributed by atoms with van der Waals surface area (Å²) in [5.74, 6) is -0.283. The summed E-state index contributed by atoms with van der Waals surface area (Å²) in [4.78, 5) is 30.6. The molecule has 92 valence electrons. The van der Waals surface area contributed by atoms with Crippen LogP contribution in [0.1, 0.15) is 20.8 Å². The number of carbonyl (C=O) groups is 2. The van der Waals surface area contributed by atoms with Gasteiger partial charge in [-0.25, -0.2) is 4.99 Å². The number of nitrogens with zero attached hydrogens (tertiary/aromatic N) is 2. The highest BCUT2D eigenvalue weighted by Crippen LogP contribution is 2.14. The van der Waals surface area contributed by atoms with Crippen molar-refractivity contribution >= 4 is 34.5 Å². The van der Waals surface area contributed by atoms with E-state index in [0.29, 0.717) is 16.5 Å². The minimum Gasteiger partial charge on any atom is -0.353 e. The minimum atomic E-state index is -0.385. The van der Waals surface area contributed by atoms with Crippen LogP contribution >= 0.6 is 11.8 Å². The zero-order chi connectivity index (χ0) is 13.0. The van der Waals surface area contributed by atoms with Gasteiger partial charge in [0, 0.05) is 6.04 Å². The lowest BCUT2D eigenvalue weighted by Gasteiger charge is -2.10. The Balaban J connectivity index is 2.54. The standard InChI is InChI=1S/C11H15N3O2S/c1-6(2)12-9(15)5-17-11-13-8(4)7(3)10(16)14-11/h6H,3,5H2,1-2,4H3,(H,12,15). The van der Waals surface area contributed by atoms with Gasteiger partial charge in [-0.05, 0) is 20.8 Å². The molecule has 0 atom stereocenters. The number of carbonyl (C=O) groups excluding carboxylic acids is 2. The molecule has 0 radical (unpaired) electrons. The lowest BCUT2D eigenvalue weighted by Crippen LogP contribution is -2.32. The van der Waals surface area contributed by atoms with Crippen molar-refractivity contribution in [2.24, 2.45) is 9.98 Å². The second-order valence-corrected chi connectivity index (χ2v) is 4.83. The SMILES string of the molecule is C=C1C(=O)N=C(SCC(=O)NC(C)C)N=C1C. The molecule has 0 fully saturated rings. The van der Waals surface area contributed by atoms with Crippen LogP contribution in [0.3, 0.4) is 0 Å². The first kappa shape index (κ1) is 13.6. The zero-order valence-corrected chi connectivity index (χ0v) is 10.9. The molecule has 5 nitrogen and oxygen atoms in total. The lowest BCUT2D eigenvalue weighted by atomic mass is 10.2. The summed E-state index contributed by atoms with van der Waals surface area (Å²) >= 11 is 1.15. The predicted molar refractivity (Wildman–Crippen MR) is 70.4 cm³/mol. The molecule has 1 aliphatic heterocycles. The monoisotopic (exact) mass is 253 g/mol. The van der Waals surface area contributed by atoms with Crippen molar-refractivity contribution in [3.8, 4) is 0 Å². The van der Waals surface area contributed by atoms with Crippen LogP contribution in [0.2, 0.25) is 0 Å². The van der Waals surface area contributed by atoms with Crippen molar-refractivity contribution in [3.05, 3.63) is 12.2 Å². The molecule has 1 rings (SSSR count). The van der Waals surface area contributed by atoms with Crippen LogP contribution in [0.5, 0.6) is 0 Å². The van der Waals surface area contributed by atoms with Crippen molar-refractivity contribution in [1.29, 1.82) is 0 Å². The molecule has 1 N–H and O–H groups in total. The average Bonchev–Trinajstić information content (AvgIpc) is 2.22. The van der Waals surface area contributed by atoms with E-state index < -0.39 is 0 Å². The van der Waals surface area contributed by atoms with Gasteiger partial charge in [0.1, 0.15) is 0 Å². The summed E-state index contributed by atoms with van der Waals surface area (Å²) in [6, 6.07) is 0.100. The molecule has 0 aromatic heterocycles. The Morgan fingerprint density at radius 2 is 2.12 bits per heavy atom. The van der Waals surface area contributed by atoms with E-state index in [2.05, 4.69) is 21.9 Å². The second kappa shape index (κ2) is 5.77. The maximum absolute atomic E-state index is 11.4. The number of thioether (sulfide) groups is 1. The molecule has 1 heterocycles. The van der Waals surface area contributed by atoms with Gasteiger partial charge in [-0.2, -0.15) is 4.99 Å². The minimum absolute atomic E-state index is 0.0996. The molecular weight excluding hydrogens is 238 g/mol. The Hall–Kier alpha value is -1.43. The van der Waals surface area contributed by atoms with Crippen molar-refractivity contribution < 1.29 is 9.59 Å². The molecule has 0 unspecified atom stereocenters. The van der Waals surface area contributed by atoms with Crippen LogP contribution in [0, 0.1) is 0 Å². The van der Waals surface area contributed by atoms with Gasteiger partial charge in [0.05, 0.1) is 17.0 Å². The fraction of sp³-hybridized carbons (Fsp3) is 0.455. The van der Waals surface area contributed by atoms with Crippen molar-refractivity contribution in [3.63, 3.8) is 0 Å². The van der Waals surface area contributed by atoms with E-state index in [1.54, 1.807) is 6.92 Å². The molecular formula is C11H15N3O2S. The topological polar surface area (TPSA) is 70.9 Å². The Morgan fingerprint density at radius 3 is 2.65 bits per heavy atom. The van der Waals surface area contributed by atoms with E-state index in [0.717, 1.165) is 11.8 Å². The van der Waals surface area contributed by atoms with E-state index in [1.165, 1.54) is 0 Å². The van der Waals surface area contributed by atoms with Gasteiger partial charge in [-0.1, -0.05) is 18.3 Å². The number of rotatable bonds is 3. The van der Waals surface area contributed by atoms with Crippen molar-refractivity contribution in [2.45, 2.75) is 26.8 Å². The Kier molecular flexibility index (Phi) is 4.62. The number of aliphatic imine (C=N–C) groups is 2. The van der Waals surface area contributed by atoms with Crippen LogP contribution < -0.4 is 5.32 Å². The van der Waals surface area contributed by atoms with Gasteiger partial charge in [0.15, 0.2) is 5.17 Å². The predicted octanol–water partition coefficient (Wildman–Crippen LogP) is 1.16. The molecule has 0 spiro atoms. The van der Waals surface area contributed by atoms with Crippen LogP contribution in [0.25, 0.3) is 0 Å². The first-order valence-electron chi connectivity index (χ1n) is 5.20. The van der Waals surface area contributed by atoms with Gasteiger partial charge in [0.2, 0.25) is 5.91 Å². The van der Waals surface area contributed by atoms with Crippen LogP contribution in [0.4, 0.5) is 0 Å². The quantitative estimate of drug-likeness (QED) is 0.767. The average molecular weight is 253 g/mol. The number of nitrogens with one attached hydrogen (secondary N) is 1. The van der Waals surface area contributed by atoms with Gasteiger partial charge in [0.25, 0.3) is 5.91 Å². The largest absolute Gasteiger partial charge is 0.353 e. The number of amidine groups is 1. The first-order valence-corrected chi connectivity index (χ1v) is 6.18. The van der Waals surface area contributed by atoms with Gasteiger partial charge in [-0.15, -0.1) is 0 Å². The van der Waals surface area contributed by atoms with E-state index in [9.17, 15) is 9.59 Å². The first-order chi connectivity index (χ1) is 7.90. The molecule has 1 aliphatic rings. The Labute approximate surface area is 104 Å². The maximum Gasteiger partial charge on any atom is 0.280 e. The van der Waals surface area contributed by atoms with E-state index in [4.69, 9.17) is 0 Å². The zero-order valence-electron chi connectivity index (χ0n) is 10.1. The summed E-state index contributed by atoms with van der Waals surface area (Å²) in [6.07, 6.45) is 0. The molecule has 0 bridgehead atoms. The summed E-state index contributed by atoms with van der Waals surface area (Å²) in [6.45, 7) is 9.04. The molecule has 6 heteroatoms. The molecule has 0 aromatic rings. The van der Waals surface area contributed by atoms with Crippen LogP contribution in [-0.2, 0) is 9.59 Å². The van der Waals surface area contributed by atoms with Crippen LogP contribution in [0.15, 0.2) is 22.1 Å². The molecule has 0 aliphatic carbocycles. The summed E-state index contributed by atoms with van der Waals surface area (Å²) in [5, 5.41) is 3.07.